The van der Waals surface area contributed by atoms with Gasteiger partial charge in [-0.1, -0.05) is 12.1 Å². The lowest BCUT2D eigenvalue weighted by Crippen LogP contribution is -2.15. The predicted molar refractivity (Wildman–Crippen MR) is 84.0 cm³/mol. The molecule has 1 amide bonds. The minimum absolute atomic E-state index is 0.0132. The smallest absolute Gasteiger partial charge is 0.226 e. The molecule has 21 heavy (non-hydrogen) atoms. The SMILES string of the molecule is Cc1nn(CCC(=O)Nc2ccc(CN)cc2)c(C)c1C. The summed E-state index contributed by atoms with van der Waals surface area (Å²) in [5.74, 6) is -0.0132. The Morgan fingerprint density at radius 2 is 1.90 bits per heavy atom. The molecule has 112 valence electrons. The molecule has 0 radical (unpaired) electrons. The second kappa shape index (κ2) is 6.54. The maximum absolute atomic E-state index is 12.0. The number of hydrogen-bond donors (Lipinski definition) is 2. The molecule has 0 saturated carbocycles. The van der Waals surface area contributed by atoms with Crippen LogP contribution in [-0.2, 0) is 17.9 Å². The van der Waals surface area contributed by atoms with Crippen LogP contribution in [0.3, 0.4) is 0 Å². The van der Waals surface area contributed by atoms with Crippen LogP contribution in [0.4, 0.5) is 5.69 Å². The average molecular weight is 286 g/mol. The van der Waals surface area contributed by atoms with Crippen LogP contribution in [-0.4, -0.2) is 15.7 Å². The van der Waals surface area contributed by atoms with Gasteiger partial charge < -0.3 is 11.1 Å². The summed E-state index contributed by atoms with van der Waals surface area (Å²) in [4.78, 5) is 12.0. The highest BCUT2D eigenvalue weighted by Crippen LogP contribution is 2.12. The monoisotopic (exact) mass is 286 g/mol. The highest BCUT2D eigenvalue weighted by Gasteiger charge is 2.09. The van der Waals surface area contributed by atoms with Crippen molar-refractivity contribution in [3.05, 3.63) is 46.8 Å². The van der Waals surface area contributed by atoms with Crippen LogP contribution in [0, 0.1) is 20.8 Å². The fourth-order valence-corrected chi connectivity index (χ4v) is 2.16. The van der Waals surface area contributed by atoms with Crippen molar-refractivity contribution in [2.75, 3.05) is 5.32 Å². The molecule has 2 rings (SSSR count). The zero-order valence-electron chi connectivity index (χ0n) is 12.8. The van der Waals surface area contributed by atoms with Crippen LogP contribution in [0.5, 0.6) is 0 Å². The lowest BCUT2D eigenvalue weighted by atomic mass is 10.2. The van der Waals surface area contributed by atoms with Gasteiger partial charge in [-0.15, -0.1) is 0 Å². The first-order chi connectivity index (χ1) is 10.0. The molecular weight excluding hydrogens is 264 g/mol. The molecular formula is C16H22N4O. The predicted octanol–water partition coefficient (Wildman–Crippen LogP) is 2.30. The Labute approximate surface area is 125 Å². The standard InChI is InChI=1S/C16H22N4O/c1-11-12(2)19-20(13(11)3)9-8-16(21)18-15-6-4-14(10-17)5-7-15/h4-7H,8-10,17H2,1-3H3,(H,18,21). The Hall–Kier alpha value is -2.14. The maximum Gasteiger partial charge on any atom is 0.226 e. The number of nitrogens with zero attached hydrogens (tertiary/aromatic N) is 2. The van der Waals surface area contributed by atoms with Crippen LogP contribution in [0.25, 0.3) is 0 Å². The molecule has 5 heteroatoms. The summed E-state index contributed by atoms with van der Waals surface area (Å²) in [7, 11) is 0. The van der Waals surface area contributed by atoms with Gasteiger partial charge in [-0.3, -0.25) is 9.48 Å². The summed E-state index contributed by atoms with van der Waals surface area (Å²) in [6, 6.07) is 7.57. The number of nitrogens with one attached hydrogen (secondary N) is 1. The van der Waals surface area contributed by atoms with Gasteiger partial charge in [0, 0.05) is 30.9 Å². The number of carbonyl (C=O) groups is 1. The van der Waals surface area contributed by atoms with Crippen LogP contribution in [0.1, 0.15) is 28.9 Å². The van der Waals surface area contributed by atoms with Gasteiger partial charge in [0.05, 0.1) is 5.69 Å². The number of benzene rings is 1. The molecule has 1 aromatic carbocycles. The molecule has 0 spiro atoms. The van der Waals surface area contributed by atoms with E-state index in [1.165, 1.54) is 5.56 Å². The maximum atomic E-state index is 12.0. The quantitative estimate of drug-likeness (QED) is 0.885. The highest BCUT2D eigenvalue weighted by molar-refractivity contribution is 5.90. The van der Waals surface area contributed by atoms with Crippen LogP contribution in [0.2, 0.25) is 0 Å². The van der Waals surface area contributed by atoms with Gasteiger partial charge >= 0.3 is 0 Å². The van der Waals surface area contributed by atoms with Crippen LogP contribution < -0.4 is 11.1 Å². The zero-order valence-corrected chi connectivity index (χ0v) is 12.8. The Morgan fingerprint density at radius 1 is 1.24 bits per heavy atom. The van der Waals surface area contributed by atoms with E-state index < -0.39 is 0 Å². The molecule has 0 atom stereocenters. The molecule has 0 unspecified atom stereocenters. The third-order valence-corrected chi connectivity index (χ3v) is 3.77. The van der Waals surface area contributed by atoms with E-state index >= 15 is 0 Å². The third-order valence-electron chi connectivity index (χ3n) is 3.77. The number of hydrogen-bond acceptors (Lipinski definition) is 3. The van der Waals surface area contributed by atoms with Crippen molar-refractivity contribution in [3.8, 4) is 0 Å². The Balaban J connectivity index is 1.91. The number of carbonyl (C=O) groups excluding carboxylic acids is 1. The second-order valence-electron chi connectivity index (χ2n) is 5.22. The largest absolute Gasteiger partial charge is 0.326 e. The van der Waals surface area contributed by atoms with Gasteiger partial charge in [-0.05, 0) is 44.0 Å². The lowest BCUT2D eigenvalue weighted by molar-refractivity contribution is -0.116. The minimum atomic E-state index is -0.0132. The molecule has 5 nitrogen and oxygen atoms in total. The first-order valence-corrected chi connectivity index (χ1v) is 7.10. The molecule has 1 aromatic heterocycles. The van der Waals surface area contributed by atoms with Crippen LogP contribution >= 0.6 is 0 Å². The van der Waals surface area contributed by atoms with Crippen molar-refractivity contribution >= 4 is 11.6 Å². The van der Waals surface area contributed by atoms with E-state index in [9.17, 15) is 4.79 Å². The first-order valence-electron chi connectivity index (χ1n) is 7.10. The highest BCUT2D eigenvalue weighted by atomic mass is 16.1. The normalized spacial score (nSPS) is 10.7. The van der Waals surface area contributed by atoms with E-state index in [2.05, 4.69) is 10.4 Å². The molecule has 0 aliphatic rings. The topological polar surface area (TPSA) is 72.9 Å². The molecule has 0 aliphatic heterocycles. The molecule has 2 aromatic rings. The van der Waals surface area contributed by atoms with Crippen molar-refractivity contribution in [2.24, 2.45) is 5.73 Å². The summed E-state index contributed by atoms with van der Waals surface area (Å²) < 4.78 is 1.89. The Bertz CT molecular complexity index is 628. The molecule has 0 aliphatic carbocycles. The Morgan fingerprint density at radius 3 is 2.43 bits per heavy atom. The fraction of sp³-hybridized carbons (Fsp3) is 0.375. The Kier molecular flexibility index (Phi) is 4.75. The van der Waals surface area contributed by atoms with Crippen LogP contribution in [0.15, 0.2) is 24.3 Å². The average Bonchev–Trinajstić information content (AvgIpc) is 2.73. The van der Waals surface area contributed by atoms with E-state index in [0.717, 1.165) is 22.6 Å². The molecule has 0 saturated heterocycles. The molecule has 0 bridgehead atoms. The number of nitrogens with two attached hydrogens (primary N) is 1. The summed E-state index contributed by atoms with van der Waals surface area (Å²) in [5, 5.41) is 7.32. The van der Waals surface area contributed by atoms with E-state index in [4.69, 9.17) is 5.73 Å². The summed E-state index contributed by atoms with van der Waals surface area (Å²) in [6.45, 7) is 7.16. The van der Waals surface area contributed by atoms with Gasteiger partial charge in [-0.25, -0.2) is 0 Å². The minimum Gasteiger partial charge on any atom is -0.326 e. The zero-order chi connectivity index (χ0) is 15.4. The number of anilines is 1. The second-order valence-corrected chi connectivity index (χ2v) is 5.22. The fourth-order valence-electron chi connectivity index (χ4n) is 2.16. The summed E-state index contributed by atoms with van der Waals surface area (Å²) in [5.41, 5.74) is 10.7. The van der Waals surface area contributed by atoms with Gasteiger partial charge in [0.1, 0.15) is 0 Å². The van der Waals surface area contributed by atoms with Crippen molar-refractivity contribution in [2.45, 2.75) is 40.3 Å². The lowest BCUT2D eigenvalue weighted by Gasteiger charge is -2.07. The van der Waals surface area contributed by atoms with Crippen molar-refractivity contribution in [1.29, 1.82) is 0 Å². The van der Waals surface area contributed by atoms with E-state index in [-0.39, 0.29) is 5.91 Å². The van der Waals surface area contributed by atoms with E-state index in [1.807, 2.05) is 49.7 Å². The number of rotatable bonds is 5. The van der Waals surface area contributed by atoms with Crippen molar-refractivity contribution in [3.63, 3.8) is 0 Å². The van der Waals surface area contributed by atoms with Crippen molar-refractivity contribution in [1.82, 2.24) is 9.78 Å². The van der Waals surface area contributed by atoms with Gasteiger partial charge in [0.15, 0.2) is 0 Å². The third kappa shape index (κ3) is 3.70. The van der Waals surface area contributed by atoms with Crippen molar-refractivity contribution < 1.29 is 4.79 Å². The number of aryl methyl sites for hydroxylation is 2. The molecule has 1 heterocycles. The van der Waals surface area contributed by atoms with E-state index in [0.29, 0.717) is 19.5 Å². The van der Waals surface area contributed by atoms with E-state index in [1.54, 1.807) is 0 Å². The number of amides is 1. The van der Waals surface area contributed by atoms with Gasteiger partial charge in [0.25, 0.3) is 0 Å². The first kappa shape index (κ1) is 15.3. The van der Waals surface area contributed by atoms with Gasteiger partial charge in [-0.2, -0.15) is 5.10 Å². The summed E-state index contributed by atoms with van der Waals surface area (Å²) in [6.07, 6.45) is 0.403. The van der Waals surface area contributed by atoms with Gasteiger partial charge in [0.2, 0.25) is 5.91 Å². The molecule has 0 fully saturated rings. The summed E-state index contributed by atoms with van der Waals surface area (Å²) >= 11 is 0. The molecule has 3 N–H and O–H groups in total. The number of aromatic nitrogens is 2.